The van der Waals surface area contributed by atoms with Crippen LogP contribution in [0.15, 0.2) is 24.3 Å². The van der Waals surface area contributed by atoms with E-state index in [0.717, 1.165) is 73.0 Å². The molecule has 7 nitrogen and oxygen atoms in total. The van der Waals surface area contributed by atoms with Crippen LogP contribution in [0.25, 0.3) is 21.9 Å². The normalized spacial score (nSPS) is 15.0. The molecule has 0 unspecified atom stereocenters. The summed E-state index contributed by atoms with van der Waals surface area (Å²) in [5.41, 5.74) is 8.93. The summed E-state index contributed by atoms with van der Waals surface area (Å²) in [6, 6.07) is 8.06. The molecule has 0 aliphatic heterocycles. The minimum absolute atomic E-state index is 0.217. The van der Waals surface area contributed by atoms with Crippen LogP contribution in [0.1, 0.15) is 50.8 Å². The van der Waals surface area contributed by atoms with Crippen LogP contribution in [-0.2, 0) is 22.5 Å². The fourth-order valence-electron chi connectivity index (χ4n) is 4.65. The van der Waals surface area contributed by atoms with Gasteiger partial charge in [0, 0.05) is 37.9 Å². The van der Waals surface area contributed by atoms with Gasteiger partial charge in [0.05, 0.1) is 17.6 Å². The average molecular weight is 424 g/mol. The quantitative estimate of drug-likeness (QED) is 0.510. The van der Waals surface area contributed by atoms with Crippen molar-refractivity contribution in [1.82, 2.24) is 19.9 Å². The van der Waals surface area contributed by atoms with Crippen molar-refractivity contribution < 1.29 is 9.53 Å². The van der Waals surface area contributed by atoms with Crippen molar-refractivity contribution >= 4 is 33.7 Å². The molecular formula is C24H33N5O2. The topological polar surface area (TPSA) is 95.1 Å². The molecule has 0 spiro atoms. The molecule has 4 rings (SSSR count). The second kappa shape index (κ2) is 10.1. The Morgan fingerprint density at radius 2 is 2.00 bits per heavy atom. The van der Waals surface area contributed by atoms with Crippen LogP contribution in [0, 0.1) is 5.92 Å². The third-order valence-electron chi connectivity index (χ3n) is 6.30. The van der Waals surface area contributed by atoms with Gasteiger partial charge in [-0.3, -0.25) is 4.79 Å². The van der Waals surface area contributed by atoms with Crippen molar-refractivity contribution in [2.75, 3.05) is 26.0 Å². The number of nitrogens with zero attached hydrogens (tertiary/aromatic N) is 3. The van der Waals surface area contributed by atoms with E-state index in [1.54, 1.807) is 7.11 Å². The predicted molar refractivity (Wildman–Crippen MR) is 124 cm³/mol. The second-order valence-electron chi connectivity index (χ2n) is 8.47. The van der Waals surface area contributed by atoms with Crippen LogP contribution in [-0.4, -0.2) is 40.7 Å². The van der Waals surface area contributed by atoms with Crippen molar-refractivity contribution in [3.8, 4) is 0 Å². The summed E-state index contributed by atoms with van der Waals surface area (Å²) in [5, 5.41) is 4.21. The zero-order valence-electron chi connectivity index (χ0n) is 18.4. The van der Waals surface area contributed by atoms with Crippen LogP contribution in [0.3, 0.4) is 0 Å². The van der Waals surface area contributed by atoms with Gasteiger partial charge in [0.2, 0.25) is 5.91 Å². The number of nitrogens with one attached hydrogen (secondary N) is 1. The summed E-state index contributed by atoms with van der Waals surface area (Å²) in [4.78, 5) is 21.7. The second-order valence-corrected chi connectivity index (χ2v) is 8.47. The highest BCUT2D eigenvalue weighted by atomic mass is 16.5. The molecule has 1 fully saturated rings. The van der Waals surface area contributed by atoms with Crippen LogP contribution in [0.5, 0.6) is 0 Å². The number of aromatic nitrogens is 3. The van der Waals surface area contributed by atoms with Crippen LogP contribution >= 0.6 is 0 Å². The Hall–Kier alpha value is -2.67. The number of methoxy groups -OCH3 is 1. The largest absolute Gasteiger partial charge is 0.384 e. The first-order chi connectivity index (χ1) is 15.2. The number of nitrogens with two attached hydrogens (primary N) is 1. The number of imidazole rings is 1. The van der Waals surface area contributed by atoms with Gasteiger partial charge >= 0.3 is 0 Å². The number of pyridine rings is 1. The summed E-state index contributed by atoms with van der Waals surface area (Å²) in [7, 11) is 1.70. The number of carbonyl (C=O) groups is 1. The van der Waals surface area contributed by atoms with Crippen LogP contribution < -0.4 is 11.1 Å². The molecule has 31 heavy (non-hydrogen) atoms. The summed E-state index contributed by atoms with van der Waals surface area (Å²) < 4.78 is 7.56. The van der Waals surface area contributed by atoms with Crippen molar-refractivity contribution in [3.05, 3.63) is 30.1 Å². The molecule has 0 atom stereocenters. The van der Waals surface area contributed by atoms with E-state index in [4.69, 9.17) is 15.5 Å². The van der Waals surface area contributed by atoms with E-state index in [-0.39, 0.29) is 11.8 Å². The fraction of sp³-hybridized carbons (Fsp3) is 0.542. The number of nitrogen functional groups attached to an aromatic ring is 1. The van der Waals surface area contributed by atoms with Gasteiger partial charge in [0.15, 0.2) is 5.82 Å². The number of amides is 1. The smallest absolute Gasteiger partial charge is 0.223 e. The molecule has 2 aromatic heterocycles. The summed E-state index contributed by atoms with van der Waals surface area (Å²) >= 11 is 0. The van der Waals surface area contributed by atoms with E-state index >= 15 is 0 Å². The standard InChI is InChI=1S/C24H33N5O2/c1-31-16-13-20-28-21-22(18-11-5-6-12-19(18)27-23(21)25)29(20)15-8-7-14-26-24(30)17-9-3-2-4-10-17/h5-6,11-12,17H,2-4,7-10,13-16H2,1H3,(H2,25,27)(H,26,30). The number of ether oxygens (including phenoxy) is 1. The number of fused-ring (bicyclic) bond motifs is 3. The number of hydrogen-bond donors (Lipinski definition) is 2. The van der Waals surface area contributed by atoms with Gasteiger partial charge in [-0.2, -0.15) is 0 Å². The molecule has 1 aromatic carbocycles. The predicted octanol–water partition coefficient (Wildman–Crippen LogP) is 3.83. The molecule has 1 aliphatic rings. The van der Waals surface area contributed by atoms with Crippen molar-refractivity contribution in [3.63, 3.8) is 0 Å². The Morgan fingerprint density at radius 3 is 2.81 bits per heavy atom. The lowest BCUT2D eigenvalue weighted by molar-refractivity contribution is -0.125. The molecule has 0 saturated heterocycles. The Labute approximate surface area is 183 Å². The van der Waals surface area contributed by atoms with Gasteiger partial charge in [0.1, 0.15) is 11.3 Å². The van der Waals surface area contributed by atoms with Gasteiger partial charge in [-0.1, -0.05) is 37.5 Å². The Bertz CT molecular complexity index is 1040. The fourth-order valence-corrected chi connectivity index (χ4v) is 4.65. The Morgan fingerprint density at radius 1 is 1.19 bits per heavy atom. The molecule has 3 aromatic rings. The Balaban J connectivity index is 1.47. The minimum Gasteiger partial charge on any atom is -0.384 e. The third kappa shape index (κ3) is 4.82. The molecule has 3 N–H and O–H groups in total. The van der Waals surface area contributed by atoms with Crippen molar-refractivity contribution in [2.24, 2.45) is 5.92 Å². The molecule has 7 heteroatoms. The van der Waals surface area contributed by atoms with E-state index < -0.39 is 0 Å². The summed E-state index contributed by atoms with van der Waals surface area (Å²) in [6.45, 7) is 2.15. The maximum Gasteiger partial charge on any atom is 0.223 e. The lowest BCUT2D eigenvalue weighted by atomic mass is 9.89. The molecule has 1 amide bonds. The van der Waals surface area contributed by atoms with E-state index in [1.807, 2.05) is 18.2 Å². The molecule has 1 aliphatic carbocycles. The van der Waals surface area contributed by atoms with E-state index in [9.17, 15) is 4.79 Å². The monoisotopic (exact) mass is 423 g/mol. The highest BCUT2D eigenvalue weighted by Crippen LogP contribution is 2.29. The molecular weight excluding hydrogens is 390 g/mol. The number of carbonyl (C=O) groups excluding carboxylic acids is 1. The highest BCUT2D eigenvalue weighted by molar-refractivity contribution is 6.06. The third-order valence-corrected chi connectivity index (χ3v) is 6.30. The Kier molecular flexibility index (Phi) is 7.02. The molecule has 2 heterocycles. The van der Waals surface area contributed by atoms with Crippen LogP contribution in [0.4, 0.5) is 5.82 Å². The number of unbranched alkanes of at least 4 members (excludes halogenated alkanes) is 1. The van der Waals surface area contributed by atoms with E-state index in [1.165, 1.54) is 19.3 Å². The van der Waals surface area contributed by atoms with Gasteiger partial charge in [-0.15, -0.1) is 0 Å². The molecule has 0 bridgehead atoms. The maximum absolute atomic E-state index is 12.4. The number of aryl methyl sites for hydroxylation is 1. The van der Waals surface area contributed by atoms with Gasteiger partial charge in [-0.05, 0) is 31.7 Å². The lowest BCUT2D eigenvalue weighted by Crippen LogP contribution is -2.32. The average Bonchev–Trinajstić information content (AvgIpc) is 3.17. The summed E-state index contributed by atoms with van der Waals surface area (Å²) in [6.07, 6.45) is 8.31. The first-order valence-corrected chi connectivity index (χ1v) is 11.5. The number of benzene rings is 1. The van der Waals surface area contributed by atoms with Crippen molar-refractivity contribution in [2.45, 2.75) is 57.9 Å². The van der Waals surface area contributed by atoms with E-state index in [2.05, 4.69) is 20.9 Å². The number of hydrogen-bond acceptors (Lipinski definition) is 5. The zero-order valence-corrected chi connectivity index (χ0v) is 18.4. The van der Waals surface area contributed by atoms with Gasteiger partial charge < -0.3 is 20.4 Å². The lowest BCUT2D eigenvalue weighted by Gasteiger charge is -2.20. The first kappa shape index (κ1) is 21.6. The maximum atomic E-state index is 12.4. The first-order valence-electron chi connectivity index (χ1n) is 11.5. The zero-order chi connectivity index (χ0) is 21.6. The SMILES string of the molecule is COCCc1nc2c(N)nc3ccccc3c2n1CCCCNC(=O)C1CCCCC1. The number of anilines is 1. The number of para-hydroxylation sites is 1. The summed E-state index contributed by atoms with van der Waals surface area (Å²) in [5.74, 6) is 1.88. The van der Waals surface area contributed by atoms with Crippen molar-refractivity contribution in [1.29, 1.82) is 0 Å². The number of rotatable bonds is 9. The highest BCUT2D eigenvalue weighted by Gasteiger charge is 2.20. The van der Waals surface area contributed by atoms with Crippen LogP contribution in [0.2, 0.25) is 0 Å². The molecule has 166 valence electrons. The van der Waals surface area contributed by atoms with Gasteiger partial charge in [0.25, 0.3) is 0 Å². The minimum atomic E-state index is 0.217. The molecule has 0 radical (unpaired) electrons. The van der Waals surface area contributed by atoms with Gasteiger partial charge in [-0.25, -0.2) is 9.97 Å². The van der Waals surface area contributed by atoms with E-state index in [0.29, 0.717) is 12.4 Å². The molecule has 1 saturated carbocycles.